The number of amides is 1. The molecular weight excluding hydrogens is 210 g/mol. The third-order valence-corrected chi connectivity index (χ3v) is 2.27. The molecule has 1 aliphatic rings. The number of fused-ring (bicyclic) bond motifs is 1. The first-order chi connectivity index (χ1) is 7.72. The van der Waals surface area contributed by atoms with Crippen LogP contribution >= 0.6 is 0 Å². The van der Waals surface area contributed by atoms with Crippen LogP contribution in [0.5, 0.6) is 11.5 Å². The lowest BCUT2D eigenvalue weighted by atomic mass is 10.1. The molecule has 0 saturated carbocycles. The van der Waals surface area contributed by atoms with E-state index in [1.54, 1.807) is 18.2 Å². The van der Waals surface area contributed by atoms with Crippen molar-refractivity contribution in [2.45, 2.75) is 12.2 Å². The minimum atomic E-state index is -0.830. The van der Waals surface area contributed by atoms with Gasteiger partial charge in [0.1, 0.15) is 0 Å². The summed E-state index contributed by atoms with van der Waals surface area (Å²) in [5.41, 5.74) is 5.24. The van der Waals surface area contributed by atoms with E-state index >= 15 is 0 Å². The van der Waals surface area contributed by atoms with E-state index in [4.69, 9.17) is 19.9 Å². The molecule has 0 fully saturated rings. The summed E-state index contributed by atoms with van der Waals surface area (Å²) in [5.74, 6) is 0.466. The van der Waals surface area contributed by atoms with Gasteiger partial charge in [-0.2, -0.15) is 0 Å². The van der Waals surface area contributed by atoms with E-state index in [-0.39, 0.29) is 6.61 Å². The number of nitrogens with two attached hydrogens (primary N) is 1. The lowest BCUT2D eigenvalue weighted by Gasteiger charge is -2.31. The van der Waals surface area contributed by atoms with Crippen LogP contribution in [0.4, 0.5) is 0 Å². The molecule has 5 nitrogen and oxygen atoms in total. The number of hydrogen-bond donors (Lipinski definition) is 1. The summed E-state index contributed by atoms with van der Waals surface area (Å²) in [6.45, 7) is 0.242. The van der Waals surface area contributed by atoms with E-state index in [0.717, 1.165) is 0 Å². The Morgan fingerprint density at radius 1 is 1.56 bits per heavy atom. The van der Waals surface area contributed by atoms with Crippen LogP contribution < -0.4 is 15.2 Å². The van der Waals surface area contributed by atoms with E-state index < -0.39 is 18.1 Å². The molecule has 2 rings (SSSR count). The first kappa shape index (κ1) is 10.8. The molecule has 85 valence electrons. The highest BCUT2D eigenvalue weighted by Crippen LogP contribution is 2.33. The minimum absolute atomic E-state index is 0.242. The number of hydrogen-bond acceptors (Lipinski definition) is 4. The van der Waals surface area contributed by atoms with E-state index in [1.165, 1.54) is 7.11 Å². The maximum absolute atomic E-state index is 11.2. The molecule has 1 aromatic rings. The third kappa shape index (κ3) is 1.94. The van der Waals surface area contributed by atoms with Crippen molar-refractivity contribution in [1.29, 1.82) is 0 Å². The summed E-state index contributed by atoms with van der Waals surface area (Å²) in [7, 11) is 1.52. The van der Waals surface area contributed by atoms with E-state index in [2.05, 4.69) is 6.07 Å². The summed E-state index contributed by atoms with van der Waals surface area (Å²) in [6.07, 6.45) is -1.35. The second kappa shape index (κ2) is 4.40. The predicted octanol–water partition coefficient (Wildman–Crippen LogP) is 0.127. The summed E-state index contributed by atoms with van der Waals surface area (Å²) in [4.78, 5) is 11.2. The van der Waals surface area contributed by atoms with Gasteiger partial charge in [0, 0.05) is 7.11 Å². The van der Waals surface area contributed by atoms with Gasteiger partial charge in [-0.3, -0.25) is 4.79 Å². The Balaban J connectivity index is 2.25. The number of methoxy groups -OCH3 is 1. The average molecular weight is 222 g/mol. The monoisotopic (exact) mass is 222 g/mol. The Hall–Kier alpha value is -1.75. The summed E-state index contributed by atoms with van der Waals surface area (Å²) >= 11 is 0. The summed E-state index contributed by atoms with van der Waals surface area (Å²) < 4.78 is 16.0. The molecule has 5 heteroatoms. The van der Waals surface area contributed by atoms with Crippen LogP contribution in [0.25, 0.3) is 0 Å². The Morgan fingerprint density at radius 2 is 2.38 bits per heavy atom. The van der Waals surface area contributed by atoms with Crippen molar-refractivity contribution in [3.05, 3.63) is 24.3 Å². The van der Waals surface area contributed by atoms with Gasteiger partial charge in [0.25, 0.3) is 5.91 Å². The standard InChI is InChI=1S/C11H12NO4/c1-14-6-9-10(11(12)13)16-8-5-3-2-4-7(8)15-9/h2,4-5,9-10H,6H2,1H3,(H2,12,13). The zero-order valence-corrected chi connectivity index (χ0v) is 8.80. The summed E-state index contributed by atoms with van der Waals surface area (Å²) in [6, 6.07) is 7.87. The largest absolute Gasteiger partial charge is 0.480 e. The second-order valence-corrected chi connectivity index (χ2v) is 3.43. The molecule has 1 aliphatic heterocycles. The van der Waals surface area contributed by atoms with Crippen LogP contribution in [0.15, 0.2) is 18.2 Å². The lowest BCUT2D eigenvalue weighted by molar-refractivity contribution is -0.132. The smallest absolute Gasteiger partial charge is 0.262 e. The van der Waals surface area contributed by atoms with Gasteiger partial charge in [-0.05, 0) is 18.2 Å². The zero-order chi connectivity index (χ0) is 11.5. The molecule has 0 aliphatic carbocycles. The molecule has 1 amide bonds. The quantitative estimate of drug-likeness (QED) is 0.789. The maximum Gasteiger partial charge on any atom is 0.262 e. The van der Waals surface area contributed by atoms with Crippen molar-refractivity contribution >= 4 is 5.91 Å². The second-order valence-electron chi connectivity index (χ2n) is 3.43. The van der Waals surface area contributed by atoms with E-state index in [9.17, 15) is 4.79 Å². The average Bonchev–Trinajstić information content (AvgIpc) is 2.28. The van der Waals surface area contributed by atoms with Crippen molar-refractivity contribution in [2.75, 3.05) is 13.7 Å². The van der Waals surface area contributed by atoms with Gasteiger partial charge >= 0.3 is 0 Å². The fraction of sp³-hybridized carbons (Fsp3) is 0.364. The van der Waals surface area contributed by atoms with Crippen molar-refractivity contribution < 1.29 is 19.0 Å². The predicted molar refractivity (Wildman–Crippen MR) is 55.2 cm³/mol. The molecule has 16 heavy (non-hydrogen) atoms. The number of carbonyl (C=O) groups excluding carboxylic acids is 1. The van der Waals surface area contributed by atoms with Crippen LogP contribution in [-0.2, 0) is 9.53 Å². The molecule has 2 atom stereocenters. The number of rotatable bonds is 3. The highest BCUT2D eigenvalue weighted by atomic mass is 16.6. The van der Waals surface area contributed by atoms with Gasteiger partial charge in [-0.25, -0.2) is 0 Å². The van der Waals surface area contributed by atoms with Crippen LogP contribution in [0.1, 0.15) is 0 Å². The topological polar surface area (TPSA) is 70.8 Å². The molecule has 2 N–H and O–H groups in total. The third-order valence-electron chi connectivity index (χ3n) is 2.27. The number of benzene rings is 1. The molecule has 0 spiro atoms. The molecule has 0 aromatic heterocycles. The number of ether oxygens (including phenoxy) is 3. The van der Waals surface area contributed by atoms with Crippen molar-refractivity contribution in [2.24, 2.45) is 5.73 Å². The Labute approximate surface area is 93.1 Å². The molecule has 1 aromatic carbocycles. The number of carbonyl (C=O) groups is 1. The molecule has 0 saturated heterocycles. The molecule has 1 heterocycles. The fourth-order valence-corrected chi connectivity index (χ4v) is 1.55. The zero-order valence-electron chi connectivity index (χ0n) is 8.80. The summed E-state index contributed by atoms with van der Waals surface area (Å²) in [5, 5.41) is 0. The van der Waals surface area contributed by atoms with Crippen molar-refractivity contribution in [1.82, 2.24) is 0 Å². The molecule has 0 bridgehead atoms. The van der Waals surface area contributed by atoms with E-state index in [0.29, 0.717) is 11.5 Å². The van der Waals surface area contributed by atoms with Crippen LogP contribution in [-0.4, -0.2) is 31.8 Å². The fourth-order valence-electron chi connectivity index (χ4n) is 1.55. The van der Waals surface area contributed by atoms with Gasteiger partial charge in [0.2, 0.25) is 6.10 Å². The Kier molecular flexibility index (Phi) is 2.96. The van der Waals surface area contributed by atoms with Gasteiger partial charge in [0.15, 0.2) is 17.6 Å². The van der Waals surface area contributed by atoms with Crippen molar-refractivity contribution in [3.8, 4) is 11.5 Å². The lowest BCUT2D eigenvalue weighted by Crippen LogP contribution is -2.50. The Morgan fingerprint density at radius 3 is 3.06 bits per heavy atom. The Bertz CT molecular complexity index is 393. The van der Waals surface area contributed by atoms with Crippen LogP contribution in [0.3, 0.4) is 0 Å². The number of primary amides is 1. The van der Waals surface area contributed by atoms with Gasteiger partial charge < -0.3 is 19.9 Å². The highest BCUT2D eigenvalue weighted by molar-refractivity contribution is 5.80. The molecule has 1 radical (unpaired) electrons. The van der Waals surface area contributed by atoms with Crippen LogP contribution in [0, 0.1) is 6.07 Å². The van der Waals surface area contributed by atoms with Crippen molar-refractivity contribution in [3.63, 3.8) is 0 Å². The maximum atomic E-state index is 11.2. The first-order valence-corrected chi connectivity index (χ1v) is 4.84. The molecule has 2 unspecified atom stereocenters. The van der Waals surface area contributed by atoms with Gasteiger partial charge in [-0.15, -0.1) is 0 Å². The highest BCUT2D eigenvalue weighted by Gasteiger charge is 2.35. The van der Waals surface area contributed by atoms with E-state index in [1.807, 2.05) is 0 Å². The van der Waals surface area contributed by atoms with Gasteiger partial charge in [0.05, 0.1) is 6.61 Å². The molecular formula is C11H12NO4. The minimum Gasteiger partial charge on any atom is -0.480 e. The van der Waals surface area contributed by atoms with Crippen LogP contribution in [0.2, 0.25) is 0 Å². The normalized spacial score (nSPS) is 22.8. The first-order valence-electron chi connectivity index (χ1n) is 4.84. The van der Waals surface area contributed by atoms with Gasteiger partial charge in [-0.1, -0.05) is 6.07 Å². The SMILES string of the molecule is COCC1Oc2cc[c]cc2OC1C(N)=O.